The summed E-state index contributed by atoms with van der Waals surface area (Å²) in [4.78, 5) is 17.3. The van der Waals surface area contributed by atoms with Crippen molar-refractivity contribution < 1.29 is 9.90 Å². The smallest absolute Gasteiger partial charge is 0.355 e. The van der Waals surface area contributed by atoms with Crippen LogP contribution in [0.3, 0.4) is 0 Å². The number of nitrogens with zero attached hydrogens (tertiary/aromatic N) is 2. The van der Waals surface area contributed by atoms with Crippen LogP contribution in [0.4, 0.5) is 0 Å². The predicted molar refractivity (Wildman–Crippen MR) is 84.9 cm³/mol. The van der Waals surface area contributed by atoms with E-state index in [1.54, 1.807) is 5.38 Å². The number of carboxylic acids is 1. The van der Waals surface area contributed by atoms with Crippen molar-refractivity contribution in [3.63, 3.8) is 0 Å². The van der Waals surface area contributed by atoms with Crippen molar-refractivity contribution in [2.45, 2.75) is 26.8 Å². The van der Waals surface area contributed by atoms with Crippen LogP contribution < -0.4 is 0 Å². The fourth-order valence-electron chi connectivity index (χ4n) is 2.13. The van der Waals surface area contributed by atoms with Crippen LogP contribution in [-0.2, 0) is 13.0 Å². The van der Waals surface area contributed by atoms with E-state index in [1.807, 2.05) is 0 Å². The minimum absolute atomic E-state index is 0.133. The minimum atomic E-state index is -0.966. The topological polar surface area (TPSA) is 53.4 Å². The second-order valence-electron chi connectivity index (χ2n) is 4.89. The zero-order valence-electron chi connectivity index (χ0n) is 12.4. The maximum absolute atomic E-state index is 10.8. The number of aromatic nitrogens is 1. The Balaban J connectivity index is 1.99. The third-order valence-corrected chi connectivity index (χ3v) is 4.30. The summed E-state index contributed by atoms with van der Waals surface area (Å²) >= 11 is 1.39. The molecule has 0 aliphatic rings. The van der Waals surface area contributed by atoms with Gasteiger partial charge in [0.25, 0.3) is 0 Å². The molecule has 1 aromatic heterocycles. The molecule has 0 amide bonds. The molecule has 0 saturated heterocycles. The highest BCUT2D eigenvalue weighted by Gasteiger charge is 2.09. The van der Waals surface area contributed by atoms with E-state index in [1.165, 1.54) is 16.9 Å². The number of carboxylic acid groups (broad SMARTS) is 1. The lowest BCUT2D eigenvalue weighted by atomic mass is 10.1. The lowest BCUT2D eigenvalue weighted by molar-refractivity contribution is 0.0691. The molecular formula is C16H20N2O2S. The number of hydrogen-bond donors (Lipinski definition) is 1. The van der Waals surface area contributed by atoms with Gasteiger partial charge in [-0.1, -0.05) is 38.1 Å². The fraction of sp³-hybridized carbons (Fsp3) is 0.375. The molecule has 2 rings (SSSR count). The quantitative estimate of drug-likeness (QED) is 0.853. The highest BCUT2D eigenvalue weighted by atomic mass is 32.1. The molecule has 21 heavy (non-hydrogen) atoms. The summed E-state index contributed by atoms with van der Waals surface area (Å²) in [7, 11) is 0. The van der Waals surface area contributed by atoms with E-state index < -0.39 is 5.97 Å². The van der Waals surface area contributed by atoms with Gasteiger partial charge in [0.1, 0.15) is 0 Å². The van der Waals surface area contributed by atoms with Crippen LogP contribution in [0.1, 0.15) is 40.5 Å². The Morgan fingerprint density at radius 3 is 2.33 bits per heavy atom. The van der Waals surface area contributed by atoms with E-state index in [0.29, 0.717) is 6.42 Å². The molecule has 0 aliphatic carbocycles. The molecule has 0 fully saturated rings. The van der Waals surface area contributed by atoms with Gasteiger partial charge in [-0.3, -0.25) is 4.90 Å². The van der Waals surface area contributed by atoms with Gasteiger partial charge in [-0.15, -0.1) is 11.3 Å². The Morgan fingerprint density at radius 1 is 1.19 bits per heavy atom. The second kappa shape index (κ2) is 7.33. The average Bonchev–Trinajstić information content (AvgIpc) is 2.95. The third kappa shape index (κ3) is 4.37. The van der Waals surface area contributed by atoms with Crippen LogP contribution in [0.2, 0.25) is 0 Å². The van der Waals surface area contributed by atoms with Crippen LogP contribution >= 0.6 is 11.3 Å². The van der Waals surface area contributed by atoms with Crippen molar-refractivity contribution in [3.05, 3.63) is 51.5 Å². The Morgan fingerprint density at radius 2 is 1.81 bits per heavy atom. The summed E-state index contributed by atoms with van der Waals surface area (Å²) in [5.74, 6) is -0.966. The second-order valence-corrected chi connectivity index (χ2v) is 5.83. The van der Waals surface area contributed by atoms with E-state index in [0.717, 1.165) is 30.2 Å². The van der Waals surface area contributed by atoms with E-state index >= 15 is 0 Å². The normalized spacial score (nSPS) is 11.0. The summed E-state index contributed by atoms with van der Waals surface area (Å²) in [6.07, 6.45) is 0.684. The molecule has 1 N–H and O–H groups in total. The van der Waals surface area contributed by atoms with Gasteiger partial charge in [0.15, 0.2) is 5.69 Å². The number of rotatable bonds is 7. The van der Waals surface area contributed by atoms with Crippen molar-refractivity contribution >= 4 is 17.3 Å². The molecule has 4 nitrogen and oxygen atoms in total. The highest BCUT2D eigenvalue weighted by molar-refractivity contribution is 7.09. The summed E-state index contributed by atoms with van der Waals surface area (Å²) < 4.78 is 0. The highest BCUT2D eigenvalue weighted by Crippen LogP contribution is 2.16. The molecule has 0 spiro atoms. The first-order chi connectivity index (χ1) is 10.1. The molecule has 2 aromatic rings. The molecule has 0 saturated carbocycles. The van der Waals surface area contributed by atoms with Crippen LogP contribution in [0, 0.1) is 0 Å². The number of hydrogen-bond acceptors (Lipinski definition) is 4. The fourth-order valence-corrected chi connectivity index (χ4v) is 2.94. The average molecular weight is 304 g/mol. The first-order valence-electron chi connectivity index (χ1n) is 7.10. The van der Waals surface area contributed by atoms with Gasteiger partial charge in [0.05, 0.1) is 5.01 Å². The number of thiazole rings is 1. The van der Waals surface area contributed by atoms with Crippen molar-refractivity contribution in [1.29, 1.82) is 0 Å². The summed E-state index contributed by atoms with van der Waals surface area (Å²) in [5, 5.41) is 11.3. The molecule has 5 heteroatoms. The zero-order valence-corrected chi connectivity index (χ0v) is 13.2. The van der Waals surface area contributed by atoms with Gasteiger partial charge in [-0.25, -0.2) is 9.78 Å². The van der Waals surface area contributed by atoms with Gasteiger partial charge in [0.2, 0.25) is 0 Å². The first-order valence-corrected chi connectivity index (χ1v) is 7.98. The molecule has 0 radical (unpaired) electrons. The molecule has 1 aromatic carbocycles. The van der Waals surface area contributed by atoms with Gasteiger partial charge in [-0.2, -0.15) is 0 Å². The lowest BCUT2D eigenvalue weighted by Crippen LogP contribution is -2.22. The van der Waals surface area contributed by atoms with Crippen LogP contribution in [0.15, 0.2) is 29.6 Å². The number of benzene rings is 1. The van der Waals surface area contributed by atoms with E-state index in [-0.39, 0.29) is 5.69 Å². The van der Waals surface area contributed by atoms with Crippen molar-refractivity contribution in [1.82, 2.24) is 9.88 Å². The zero-order chi connectivity index (χ0) is 15.2. The van der Waals surface area contributed by atoms with E-state index in [2.05, 4.69) is 48.0 Å². The molecular weight excluding hydrogens is 284 g/mol. The maximum Gasteiger partial charge on any atom is 0.355 e. The number of aromatic carboxylic acids is 1. The third-order valence-electron chi connectivity index (χ3n) is 3.45. The van der Waals surface area contributed by atoms with E-state index in [4.69, 9.17) is 5.11 Å². The molecule has 0 unspecified atom stereocenters. The van der Waals surface area contributed by atoms with Crippen molar-refractivity contribution in [3.8, 4) is 0 Å². The number of carbonyl (C=O) groups is 1. The summed E-state index contributed by atoms with van der Waals surface area (Å²) in [5.41, 5.74) is 2.59. The van der Waals surface area contributed by atoms with Crippen molar-refractivity contribution in [2.75, 3.05) is 13.1 Å². The Kier molecular flexibility index (Phi) is 5.47. The molecule has 0 aliphatic heterocycles. The van der Waals surface area contributed by atoms with E-state index in [9.17, 15) is 4.79 Å². The molecule has 0 bridgehead atoms. The largest absolute Gasteiger partial charge is 0.476 e. The van der Waals surface area contributed by atoms with Gasteiger partial charge in [0, 0.05) is 18.3 Å². The maximum atomic E-state index is 10.8. The summed E-state index contributed by atoms with van der Waals surface area (Å²) in [6.45, 7) is 7.40. The Labute approximate surface area is 129 Å². The monoisotopic (exact) mass is 304 g/mol. The van der Waals surface area contributed by atoms with Crippen LogP contribution in [-0.4, -0.2) is 34.0 Å². The molecule has 0 atom stereocenters. The summed E-state index contributed by atoms with van der Waals surface area (Å²) in [6, 6.07) is 8.47. The van der Waals surface area contributed by atoms with Crippen molar-refractivity contribution in [2.24, 2.45) is 0 Å². The Bertz CT molecular complexity index is 589. The van der Waals surface area contributed by atoms with Gasteiger partial charge < -0.3 is 5.11 Å². The SMILES string of the molecule is CCN(CC)Cc1ccc(Cc2nc(C(=O)O)cs2)cc1. The predicted octanol–water partition coefficient (Wildman–Crippen LogP) is 3.27. The first kappa shape index (κ1) is 15.7. The van der Waals surface area contributed by atoms with Crippen LogP contribution in [0.25, 0.3) is 0 Å². The molecule has 1 heterocycles. The molecule has 112 valence electrons. The van der Waals surface area contributed by atoms with Gasteiger partial charge >= 0.3 is 5.97 Å². The van der Waals surface area contributed by atoms with Crippen LogP contribution in [0.5, 0.6) is 0 Å². The van der Waals surface area contributed by atoms with Gasteiger partial charge in [-0.05, 0) is 24.2 Å². The minimum Gasteiger partial charge on any atom is -0.476 e. The Hall–Kier alpha value is -1.72. The standard InChI is InChI=1S/C16H20N2O2S/c1-3-18(4-2)10-13-7-5-12(6-8-13)9-15-17-14(11-21-15)16(19)20/h5-8,11H,3-4,9-10H2,1-2H3,(H,19,20). The lowest BCUT2D eigenvalue weighted by Gasteiger charge is -2.18.